The van der Waals surface area contributed by atoms with E-state index in [2.05, 4.69) is 0 Å². The zero-order chi connectivity index (χ0) is 19.1. The highest BCUT2D eigenvalue weighted by molar-refractivity contribution is 7.90. The van der Waals surface area contributed by atoms with Crippen LogP contribution in [0.4, 0.5) is 5.69 Å². The molecule has 3 rings (SSSR count). The number of hydrogen-bond acceptors (Lipinski definition) is 5. The summed E-state index contributed by atoms with van der Waals surface area (Å²) in [6, 6.07) is 10.2. The highest BCUT2D eigenvalue weighted by Crippen LogP contribution is 2.31. The van der Waals surface area contributed by atoms with E-state index < -0.39 is 16.0 Å². The maximum Gasteiger partial charge on any atom is 0.356 e. The summed E-state index contributed by atoms with van der Waals surface area (Å²) in [6.45, 7) is 1.73. The molecule has 0 saturated carbocycles. The van der Waals surface area contributed by atoms with Crippen LogP contribution < -0.4 is 5.73 Å². The predicted molar refractivity (Wildman–Crippen MR) is 101 cm³/mol. The molecule has 0 amide bonds. The average molecular weight is 413 g/mol. The Hall–Kier alpha value is -2.22. The van der Waals surface area contributed by atoms with Crippen LogP contribution in [-0.2, 0) is 14.8 Å². The number of halogens is 2. The number of fused-ring (bicyclic) bond motifs is 1. The fourth-order valence-corrected chi connectivity index (χ4v) is 4.63. The molecule has 1 aromatic heterocycles. The lowest BCUT2D eigenvalue weighted by atomic mass is 10.2. The van der Waals surface area contributed by atoms with Gasteiger partial charge in [0.25, 0.3) is 10.0 Å². The molecule has 26 heavy (non-hydrogen) atoms. The van der Waals surface area contributed by atoms with Crippen LogP contribution in [0.5, 0.6) is 0 Å². The zero-order valence-electron chi connectivity index (χ0n) is 13.6. The number of benzene rings is 2. The lowest BCUT2D eigenvalue weighted by Gasteiger charge is -2.13. The van der Waals surface area contributed by atoms with Gasteiger partial charge in [-0.2, -0.15) is 0 Å². The van der Waals surface area contributed by atoms with Crippen molar-refractivity contribution in [3.8, 4) is 0 Å². The largest absolute Gasteiger partial charge is 0.461 e. The van der Waals surface area contributed by atoms with Gasteiger partial charge in [-0.05, 0) is 43.3 Å². The van der Waals surface area contributed by atoms with Gasteiger partial charge in [0, 0.05) is 15.4 Å². The number of nitrogens with zero attached hydrogens (tertiary/aromatic N) is 1. The van der Waals surface area contributed by atoms with E-state index in [-0.39, 0.29) is 33.4 Å². The van der Waals surface area contributed by atoms with Gasteiger partial charge in [-0.3, -0.25) is 0 Å². The summed E-state index contributed by atoms with van der Waals surface area (Å²) >= 11 is 12.0. The number of hydrogen-bond donors (Lipinski definition) is 1. The first kappa shape index (κ1) is 18.6. The normalized spacial score (nSPS) is 11.7. The highest BCUT2D eigenvalue weighted by Gasteiger charge is 2.29. The first-order chi connectivity index (χ1) is 12.3. The summed E-state index contributed by atoms with van der Waals surface area (Å²) in [5, 5.41) is 1.04. The molecule has 6 nitrogen and oxygen atoms in total. The fourth-order valence-electron chi connectivity index (χ4n) is 2.59. The predicted octanol–water partition coefficient (Wildman–Crippen LogP) is 3.94. The number of rotatable bonds is 4. The fraction of sp³-hybridized carbons (Fsp3) is 0.118. The highest BCUT2D eigenvalue weighted by atomic mass is 35.5. The molecule has 2 N–H and O–H groups in total. The summed E-state index contributed by atoms with van der Waals surface area (Å²) in [4.78, 5) is 12.1. The second kappa shape index (κ2) is 6.83. The smallest absolute Gasteiger partial charge is 0.356 e. The lowest BCUT2D eigenvalue weighted by Crippen LogP contribution is -2.20. The Labute approximate surface area is 160 Å². The van der Waals surface area contributed by atoms with Gasteiger partial charge >= 0.3 is 5.97 Å². The van der Waals surface area contributed by atoms with E-state index >= 15 is 0 Å². The first-order valence-electron chi connectivity index (χ1n) is 7.54. The molecule has 9 heteroatoms. The third-order valence-electron chi connectivity index (χ3n) is 3.70. The number of aromatic nitrogens is 1. The summed E-state index contributed by atoms with van der Waals surface area (Å²) in [5.41, 5.74) is 5.94. The number of nitrogen functional groups attached to an aromatic ring is 1. The molecule has 0 saturated heterocycles. The van der Waals surface area contributed by atoms with Crippen molar-refractivity contribution >= 4 is 55.8 Å². The van der Waals surface area contributed by atoms with Crippen molar-refractivity contribution < 1.29 is 17.9 Å². The standard InChI is InChI=1S/C17H14Cl2N2O4S/c1-2-25-17(22)15-7-10-3-4-11(18)8-14(10)21(15)26(23,24)16-9-12(19)5-6-13(16)20/h3-9H,2,20H2,1H3. The molecule has 1 heterocycles. The van der Waals surface area contributed by atoms with Crippen LogP contribution in [0, 0.1) is 0 Å². The van der Waals surface area contributed by atoms with Gasteiger partial charge in [0.15, 0.2) is 0 Å². The van der Waals surface area contributed by atoms with E-state index in [4.69, 9.17) is 33.7 Å². The number of esters is 1. The average Bonchev–Trinajstić information content (AvgIpc) is 2.96. The van der Waals surface area contributed by atoms with Gasteiger partial charge in [-0.1, -0.05) is 29.3 Å². The van der Waals surface area contributed by atoms with Crippen LogP contribution in [0.3, 0.4) is 0 Å². The second-order valence-corrected chi connectivity index (χ2v) is 8.03. The molecule has 0 aliphatic rings. The zero-order valence-corrected chi connectivity index (χ0v) is 15.9. The topological polar surface area (TPSA) is 91.4 Å². The SMILES string of the molecule is CCOC(=O)c1cc2ccc(Cl)cc2n1S(=O)(=O)c1cc(Cl)ccc1N. The number of carbonyl (C=O) groups is 1. The van der Waals surface area contributed by atoms with E-state index in [0.717, 1.165) is 3.97 Å². The van der Waals surface area contributed by atoms with Gasteiger partial charge < -0.3 is 10.5 Å². The maximum absolute atomic E-state index is 13.3. The van der Waals surface area contributed by atoms with Gasteiger partial charge in [0.2, 0.25) is 0 Å². The van der Waals surface area contributed by atoms with E-state index in [1.54, 1.807) is 19.1 Å². The van der Waals surface area contributed by atoms with Crippen LogP contribution in [0.25, 0.3) is 10.9 Å². The number of nitrogens with two attached hydrogens (primary N) is 1. The minimum Gasteiger partial charge on any atom is -0.461 e. The van der Waals surface area contributed by atoms with Crippen molar-refractivity contribution in [1.29, 1.82) is 0 Å². The van der Waals surface area contributed by atoms with Crippen LogP contribution in [0.15, 0.2) is 47.4 Å². The summed E-state index contributed by atoms with van der Waals surface area (Å²) in [5.74, 6) is -0.774. The van der Waals surface area contributed by atoms with Gasteiger partial charge in [0.1, 0.15) is 10.6 Å². The number of ether oxygens (including phenoxy) is 1. The molecular weight excluding hydrogens is 399 g/mol. The Morgan fingerprint density at radius 3 is 2.46 bits per heavy atom. The molecule has 2 aromatic carbocycles. The van der Waals surface area contributed by atoms with Gasteiger partial charge in [-0.15, -0.1) is 0 Å². The molecule has 0 radical (unpaired) electrons. The molecule has 0 spiro atoms. The number of carbonyl (C=O) groups excluding carboxylic acids is 1. The Balaban J connectivity index is 2.38. The van der Waals surface area contributed by atoms with Crippen LogP contribution in [0.1, 0.15) is 17.4 Å². The summed E-state index contributed by atoms with van der Waals surface area (Å²) in [7, 11) is -4.24. The van der Waals surface area contributed by atoms with Gasteiger partial charge in [-0.25, -0.2) is 17.2 Å². The van der Waals surface area contributed by atoms with Crippen molar-refractivity contribution in [2.45, 2.75) is 11.8 Å². The molecule has 0 aliphatic carbocycles. The van der Waals surface area contributed by atoms with Gasteiger partial charge in [0.05, 0.1) is 17.8 Å². The van der Waals surface area contributed by atoms with Crippen molar-refractivity contribution in [3.05, 3.63) is 58.2 Å². The Morgan fingerprint density at radius 1 is 1.12 bits per heavy atom. The first-order valence-corrected chi connectivity index (χ1v) is 9.74. The van der Waals surface area contributed by atoms with E-state index in [9.17, 15) is 13.2 Å². The Kier molecular flexibility index (Phi) is 4.88. The van der Waals surface area contributed by atoms with Crippen molar-refractivity contribution in [2.24, 2.45) is 0 Å². The minimum absolute atomic E-state index is 0.00749. The van der Waals surface area contributed by atoms with E-state index in [1.807, 2.05) is 0 Å². The van der Waals surface area contributed by atoms with Crippen molar-refractivity contribution in [1.82, 2.24) is 3.97 Å². The van der Waals surface area contributed by atoms with Crippen LogP contribution >= 0.6 is 23.2 Å². The van der Waals surface area contributed by atoms with Crippen molar-refractivity contribution in [3.63, 3.8) is 0 Å². The Bertz CT molecular complexity index is 1120. The van der Waals surface area contributed by atoms with E-state index in [1.165, 1.54) is 30.3 Å². The lowest BCUT2D eigenvalue weighted by molar-refractivity contribution is 0.0518. The van der Waals surface area contributed by atoms with Crippen molar-refractivity contribution in [2.75, 3.05) is 12.3 Å². The summed E-state index contributed by atoms with van der Waals surface area (Å²) < 4.78 is 32.5. The second-order valence-electron chi connectivity index (χ2n) is 5.40. The third-order valence-corrected chi connectivity index (χ3v) is 5.95. The molecule has 0 unspecified atom stereocenters. The Morgan fingerprint density at radius 2 is 1.77 bits per heavy atom. The summed E-state index contributed by atoms with van der Waals surface area (Å²) in [6.07, 6.45) is 0. The molecule has 3 aromatic rings. The number of anilines is 1. The third kappa shape index (κ3) is 3.13. The molecule has 0 aliphatic heterocycles. The monoisotopic (exact) mass is 412 g/mol. The van der Waals surface area contributed by atoms with Crippen LogP contribution in [-0.4, -0.2) is 25.0 Å². The maximum atomic E-state index is 13.3. The quantitative estimate of drug-likeness (QED) is 0.517. The molecule has 136 valence electrons. The molecule has 0 fully saturated rings. The molecule has 0 atom stereocenters. The minimum atomic E-state index is -4.24. The van der Waals surface area contributed by atoms with Crippen LogP contribution in [0.2, 0.25) is 10.0 Å². The molecular formula is C17H14Cl2N2O4S. The molecule has 0 bridgehead atoms. The van der Waals surface area contributed by atoms with E-state index in [0.29, 0.717) is 10.4 Å².